The van der Waals surface area contributed by atoms with Crippen LogP contribution in [-0.4, -0.2) is 33.8 Å². The first-order valence-electron chi connectivity index (χ1n) is 4.46. The molecule has 1 aromatic rings. The summed E-state index contributed by atoms with van der Waals surface area (Å²) >= 11 is 0. The van der Waals surface area contributed by atoms with Crippen LogP contribution in [0.3, 0.4) is 0 Å². The zero-order valence-corrected chi connectivity index (χ0v) is 8.26. The van der Waals surface area contributed by atoms with Gasteiger partial charge in [-0.15, -0.1) is 11.7 Å². The van der Waals surface area contributed by atoms with Gasteiger partial charge in [0, 0.05) is 13.7 Å². The van der Waals surface area contributed by atoms with Crippen LogP contribution in [0.4, 0.5) is 0 Å². The van der Waals surface area contributed by atoms with Crippen molar-refractivity contribution in [2.45, 2.75) is 19.1 Å². The predicted molar refractivity (Wildman–Crippen MR) is 51.7 cm³/mol. The molecule has 1 heterocycles. The van der Waals surface area contributed by atoms with Gasteiger partial charge in [-0.25, -0.2) is 4.68 Å². The highest BCUT2D eigenvalue weighted by molar-refractivity contribution is 4.99. The van der Waals surface area contributed by atoms with Gasteiger partial charge in [-0.05, 0) is 6.42 Å². The minimum atomic E-state index is -0.667. The maximum Gasteiger partial charge on any atom is 0.120 e. The van der Waals surface area contributed by atoms with Crippen molar-refractivity contribution in [3.63, 3.8) is 0 Å². The zero-order valence-electron chi connectivity index (χ0n) is 8.26. The summed E-state index contributed by atoms with van der Waals surface area (Å²) in [6.07, 6.45) is 3.48. The van der Waals surface area contributed by atoms with Gasteiger partial charge in [0.1, 0.15) is 6.10 Å². The van der Waals surface area contributed by atoms with Crippen LogP contribution in [-0.2, 0) is 11.3 Å². The van der Waals surface area contributed by atoms with Crippen LogP contribution in [0.15, 0.2) is 18.9 Å². The lowest BCUT2D eigenvalue weighted by molar-refractivity contribution is 0.0586. The number of aliphatic hydroxyl groups excluding tert-OH is 1. The molecule has 1 atom stereocenters. The molecule has 0 saturated carbocycles. The molecule has 1 rings (SSSR count). The van der Waals surface area contributed by atoms with Crippen molar-refractivity contribution in [2.75, 3.05) is 13.7 Å². The second-order valence-corrected chi connectivity index (χ2v) is 2.93. The Kier molecular flexibility index (Phi) is 4.28. The number of aromatic nitrogens is 3. The lowest BCUT2D eigenvalue weighted by Gasteiger charge is -2.10. The van der Waals surface area contributed by atoms with Gasteiger partial charge in [0.25, 0.3) is 0 Å². The number of hydrogen-bond donors (Lipinski definition) is 1. The maximum absolute atomic E-state index is 9.64. The molecular weight excluding hydrogens is 182 g/mol. The summed E-state index contributed by atoms with van der Waals surface area (Å²) in [6.45, 7) is 4.55. The Morgan fingerprint density at radius 3 is 3.21 bits per heavy atom. The second-order valence-electron chi connectivity index (χ2n) is 2.93. The Bertz CT molecular complexity index is 285. The summed E-state index contributed by atoms with van der Waals surface area (Å²) in [5, 5.41) is 17.2. The Morgan fingerprint density at radius 1 is 1.79 bits per heavy atom. The smallest absolute Gasteiger partial charge is 0.120 e. The van der Waals surface area contributed by atoms with Crippen LogP contribution in [0.5, 0.6) is 0 Å². The molecule has 1 unspecified atom stereocenters. The number of hydrogen-bond acceptors (Lipinski definition) is 4. The van der Waals surface area contributed by atoms with Crippen molar-refractivity contribution in [1.29, 1.82) is 0 Å². The standard InChI is InChI=1S/C9H15N3O2/c1-3-4-5-12-8(6-10-11-12)9(13)7-14-2/h3,6,9,13H,1,4-5,7H2,2H3. The Morgan fingerprint density at radius 2 is 2.57 bits per heavy atom. The number of ether oxygens (including phenoxy) is 1. The summed E-state index contributed by atoms with van der Waals surface area (Å²) in [6, 6.07) is 0. The second kappa shape index (κ2) is 5.51. The predicted octanol–water partition coefficient (Wildman–Crippen LogP) is 0.534. The van der Waals surface area contributed by atoms with Crippen LogP contribution in [0.25, 0.3) is 0 Å². The lowest BCUT2D eigenvalue weighted by atomic mass is 10.3. The lowest BCUT2D eigenvalue weighted by Crippen LogP contribution is -2.12. The first-order valence-corrected chi connectivity index (χ1v) is 4.46. The van der Waals surface area contributed by atoms with Gasteiger partial charge in [0.15, 0.2) is 0 Å². The van der Waals surface area contributed by atoms with Gasteiger partial charge in [0.05, 0.1) is 18.5 Å². The van der Waals surface area contributed by atoms with Crippen molar-refractivity contribution < 1.29 is 9.84 Å². The van der Waals surface area contributed by atoms with E-state index >= 15 is 0 Å². The molecule has 0 spiro atoms. The van der Waals surface area contributed by atoms with E-state index in [2.05, 4.69) is 16.9 Å². The van der Waals surface area contributed by atoms with E-state index < -0.39 is 6.10 Å². The molecule has 0 aromatic carbocycles. The van der Waals surface area contributed by atoms with Crippen molar-refractivity contribution in [3.05, 3.63) is 24.5 Å². The molecule has 5 heteroatoms. The molecule has 78 valence electrons. The summed E-state index contributed by atoms with van der Waals surface area (Å²) in [5.74, 6) is 0. The number of allylic oxidation sites excluding steroid dienone is 1. The molecular formula is C9H15N3O2. The largest absolute Gasteiger partial charge is 0.384 e. The van der Waals surface area contributed by atoms with Gasteiger partial charge >= 0.3 is 0 Å². The first-order chi connectivity index (χ1) is 6.79. The fourth-order valence-corrected chi connectivity index (χ4v) is 1.15. The van der Waals surface area contributed by atoms with Crippen molar-refractivity contribution in [1.82, 2.24) is 15.0 Å². The van der Waals surface area contributed by atoms with E-state index in [9.17, 15) is 5.11 Å². The molecule has 14 heavy (non-hydrogen) atoms. The fraction of sp³-hybridized carbons (Fsp3) is 0.556. The summed E-state index contributed by atoms with van der Waals surface area (Å²) in [5.41, 5.74) is 0.675. The van der Waals surface area contributed by atoms with Gasteiger partial charge in [-0.2, -0.15) is 0 Å². The highest BCUT2D eigenvalue weighted by atomic mass is 16.5. The third kappa shape index (κ3) is 2.65. The molecule has 0 aliphatic carbocycles. The fourth-order valence-electron chi connectivity index (χ4n) is 1.15. The Hall–Kier alpha value is -1.20. The van der Waals surface area contributed by atoms with E-state index in [-0.39, 0.29) is 6.61 Å². The SMILES string of the molecule is C=CCCn1nncc1C(O)COC. The Balaban J connectivity index is 2.65. The van der Waals surface area contributed by atoms with E-state index in [0.717, 1.165) is 6.42 Å². The molecule has 5 nitrogen and oxygen atoms in total. The first kappa shape index (κ1) is 10.9. The summed E-state index contributed by atoms with van der Waals surface area (Å²) in [7, 11) is 1.54. The van der Waals surface area contributed by atoms with E-state index in [1.165, 1.54) is 0 Å². The van der Waals surface area contributed by atoms with E-state index in [1.807, 2.05) is 0 Å². The topological polar surface area (TPSA) is 60.2 Å². The van der Waals surface area contributed by atoms with E-state index in [0.29, 0.717) is 12.2 Å². The van der Waals surface area contributed by atoms with Crippen molar-refractivity contribution >= 4 is 0 Å². The average molecular weight is 197 g/mol. The van der Waals surface area contributed by atoms with Crippen molar-refractivity contribution in [2.24, 2.45) is 0 Å². The monoisotopic (exact) mass is 197 g/mol. The quantitative estimate of drug-likeness (QED) is 0.676. The zero-order chi connectivity index (χ0) is 10.4. The van der Waals surface area contributed by atoms with E-state index in [4.69, 9.17) is 4.74 Å². The average Bonchev–Trinajstić information content (AvgIpc) is 2.63. The number of aliphatic hydroxyl groups is 1. The van der Waals surface area contributed by atoms with Gasteiger partial charge < -0.3 is 9.84 Å². The number of nitrogens with zero attached hydrogens (tertiary/aromatic N) is 3. The van der Waals surface area contributed by atoms with Crippen LogP contribution in [0, 0.1) is 0 Å². The van der Waals surface area contributed by atoms with Crippen LogP contribution in [0.2, 0.25) is 0 Å². The van der Waals surface area contributed by atoms with Crippen molar-refractivity contribution in [3.8, 4) is 0 Å². The summed E-state index contributed by atoms with van der Waals surface area (Å²) in [4.78, 5) is 0. The molecule has 0 aliphatic rings. The molecule has 0 bridgehead atoms. The molecule has 0 aliphatic heterocycles. The number of aryl methyl sites for hydroxylation is 1. The van der Waals surface area contributed by atoms with Crippen LogP contribution < -0.4 is 0 Å². The third-order valence-corrected chi connectivity index (χ3v) is 1.86. The minimum absolute atomic E-state index is 0.251. The van der Waals surface area contributed by atoms with Crippen LogP contribution >= 0.6 is 0 Å². The Labute approximate surface area is 83.0 Å². The molecule has 0 radical (unpaired) electrons. The number of methoxy groups -OCH3 is 1. The molecule has 0 amide bonds. The van der Waals surface area contributed by atoms with Gasteiger partial charge in [0.2, 0.25) is 0 Å². The molecule has 0 saturated heterocycles. The highest BCUT2D eigenvalue weighted by Gasteiger charge is 2.13. The van der Waals surface area contributed by atoms with Crippen LogP contribution in [0.1, 0.15) is 18.2 Å². The van der Waals surface area contributed by atoms with E-state index in [1.54, 1.807) is 24.1 Å². The third-order valence-electron chi connectivity index (χ3n) is 1.86. The highest BCUT2D eigenvalue weighted by Crippen LogP contribution is 2.11. The summed E-state index contributed by atoms with van der Waals surface area (Å²) < 4.78 is 6.51. The molecule has 0 fully saturated rings. The number of rotatable bonds is 6. The minimum Gasteiger partial charge on any atom is -0.384 e. The normalized spacial score (nSPS) is 12.7. The maximum atomic E-state index is 9.64. The molecule has 1 N–H and O–H groups in total. The molecule has 1 aromatic heterocycles. The van der Waals surface area contributed by atoms with Gasteiger partial charge in [-0.3, -0.25) is 0 Å². The van der Waals surface area contributed by atoms with Gasteiger partial charge in [-0.1, -0.05) is 11.3 Å².